The molecule has 6 nitrogen and oxygen atoms in total. The summed E-state index contributed by atoms with van der Waals surface area (Å²) >= 11 is 0. The summed E-state index contributed by atoms with van der Waals surface area (Å²) in [5.41, 5.74) is 3.05. The van der Waals surface area contributed by atoms with Crippen molar-refractivity contribution in [2.45, 2.75) is 44.4 Å². The minimum absolute atomic E-state index is 0.361. The minimum Gasteiger partial charge on any atom is -0.356 e. The molecule has 2 N–H and O–H groups in total. The molecule has 2 aromatic heterocycles. The molecule has 0 saturated heterocycles. The molecule has 0 spiro atoms. The van der Waals surface area contributed by atoms with Crippen LogP contribution in [0.5, 0.6) is 0 Å². The number of rotatable bonds is 6. The SMILES string of the molecule is Cc1ccc(CS(=N)(=O)CC2CCC(N(C)c3ncnc4[nH]ccc34)CC2)cc1. The van der Waals surface area contributed by atoms with Gasteiger partial charge < -0.3 is 9.88 Å². The smallest absolute Gasteiger partial charge is 0.142 e. The topological polar surface area (TPSA) is 85.7 Å². The van der Waals surface area contributed by atoms with Gasteiger partial charge in [0.15, 0.2) is 0 Å². The normalized spacial score (nSPS) is 21.7. The van der Waals surface area contributed by atoms with E-state index in [1.807, 2.05) is 43.5 Å². The molecule has 1 aromatic carbocycles. The first-order valence-electron chi connectivity index (χ1n) is 10.2. The van der Waals surface area contributed by atoms with Crippen LogP contribution in [0.1, 0.15) is 36.8 Å². The molecule has 29 heavy (non-hydrogen) atoms. The monoisotopic (exact) mass is 411 g/mol. The number of hydrogen-bond donors (Lipinski definition) is 2. The van der Waals surface area contributed by atoms with Crippen LogP contribution < -0.4 is 4.90 Å². The van der Waals surface area contributed by atoms with Gasteiger partial charge >= 0.3 is 0 Å². The Balaban J connectivity index is 1.35. The highest BCUT2D eigenvalue weighted by molar-refractivity contribution is 7.91. The first-order valence-corrected chi connectivity index (χ1v) is 12.1. The van der Waals surface area contributed by atoms with Crippen LogP contribution in [0.2, 0.25) is 0 Å². The van der Waals surface area contributed by atoms with Crippen molar-refractivity contribution >= 4 is 26.6 Å². The lowest BCUT2D eigenvalue weighted by atomic mass is 9.86. The van der Waals surface area contributed by atoms with E-state index in [1.54, 1.807) is 6.33 Å². The second-order valence-electron chi connectivity index (χ2n) is 8.33. The molecule has 1 atom stereocenters. The van der Waals surface area contributed by atoms with Crippen LogP contribution in [-0.4, -0.2) is 38.0 Å². The van der Waals surface area contributed by atoms with Gasteiger partial charge in [-0.25, -0.2) is 14.2 Å². The van der Waals surface area contributed by atoms with Crippen molar-refractivity contribution in [3.05, 3.63) is 54.0 Å². The maximum Gasteiger partial charge on any atom is 0.142 e. The minimum atomic E-state index is -2.60. The van der Waals surface area contributed by atoms with Crippen molar-refractivity contribution in [3.63, 3.8) is 0 Å². The van der Waals surface area contributed by atoms with Gasteiger partial charge in [-0.15, -0.1) is 0 Å². The Labute approximate surface area is 172 Å². The lowest BCUT2D eigenvalue weighted by molar-refractivity contribution is 0.342. The molecule has 1 unspecified atom stereocenters. The van der Waals surface area contributed by atoms with Crippen LogP contribution in [0.3, 0.4) is 0 Å². The zero-order valence-corrected chi connectivity index (χ0v) is 17.9. The van der Waals surface area contributed by atoms with Gasteiger partial charge in [0, 0.05) is 34.8 Å². The number of aryl methyl sites for hydroxylation is 1. The van der Waals surface area contributed by atoms with E-state index in [-0.39, 0.29) is 0 Å². The second kappa shape index (κ2) is 8.14. The fourth-order valence-electron chi connectivity index (χ4n) is 4.40. The van der Waals surface area contributed by atoms with Crippen molar-refractivity contribution in [1.29, 1.82) is 4.78 Å². The van der Waals surface area contributed by atoms with Gasteiger partial charge in [-0.2, -0.15) is 0 Å². The number of hydrogen-bond acceptors (Lipinski definition) is 5. The van der Waals surface area contributed by atoms with E-state index in [9.17, 15) is 4.21 Å². The summed E-state index contributed by atoms with van der Waals surface area (Å²) < 4.78 is 21.3. The van der Waals surface area contributed by atoms with Gasteiger partial charge in [0.2, 0.25) is 0 Å². The Kier molecular flexibility index (Phi) is 5.58. The molecule has 1 fully saturated rings. The number of fused-ring (bicyclic) bond motifs is 1. The highest BCUT2D eigenvalue weighted by atomic mass is 32.2. The molecule has 0 amide bonds. The van der Waals surface area contributed by atoms with Crippen LogP contribution >= 0.6 is 0 Å². The van der Waals surface area contributed by atoms with Gasteiger partial charge in [0.25, 0.3) is 0 Å². The van der Waals surface area contributed by atoms with E-state index >= 15 is 0 Å². The maximum absolute atomic E-state index is 12.9. The zero-order chi connectivity index (χ0) is 20.4. The number of aromatic amines is 1. The molecule has 7 heteroatoms. The molecular formula is C22H29N5OS. The van der Waals surface area contributed by atoms with E-state index in [4.69, 9.17) is 4.78 Å². The highest BCUT2D eigenvalue weighted by Crippen LogP contribution is 2.32. The summed E-state index contributed by atoms with van der Waals surface area (Å²) in [7, 11) is -0.495. The molecule has 0 bridgehead atoms. The Morgan fingerprint density at radius 2 is 1.86 bits per heavy atom. The quantitative estimate of drug-likeness (QED) is 0.625. The molecule has 1 aliphatic carbocycles. The number of nitrogens with zero attached hydrogens (tertiary/aromatic N) is 3. The number of benzene rings is 1. The van der Waals surface area contributed by atoms with Crippen LogP contribution in [0.15, 0.2) is 42.9 Å². The Bertz CT molecular complexity index is 1070. The summed E-state index contributed by atoms with van der Waals surface area (Å²) in [6.07, 6.45) is 7.61. The molecule has 1 saturated carbocycles. The standard InChI is InChI=1S/C22H29N5OS/c1-16-3-5-17(6-4-16)13-29(23,28)14-18-7-9-19(10-8-18)27(2)22-20-11-12-24-21(20)25-15-26-22/h3-6,11-12,15,18-19,23H,7-10,13-14H2,1-2H3,(H,24,25,26). The predicted molar refractivity (Wildman–Crippen MR) is 119 cm³/mol. The number of aromatic nitrogens is 3. The van der Waals surface area contributed by atoms with Crippen LogP contribution in [0, 0.1) is 17.6 Å². The molecule has 1 aliphatic rings. The summed E-state index contributed by atoms with van der Waals surface area (Å²) in [6.45, 7) is 2.04. The summed E-state index contributed by atoms with van der Waals surface area (Å²) in [5, 5.41) is 1.05. The molecule has 0 aliphatic heterocycles. The molecule has 0 radical (unpaired) electrons. The Hall–Kier alpha value is -2.41. The fraction of sp³-hybridized carbons (Fsp3) is 0.455. The number of anilines is 1. The van der Waals surface area contributed by atoms with Crippen molar-refractivity contribution in [1.82, 2.24) is 15.0 Å². The first kappa shape index (κ1) is 19.9. The Morgan fingerprint density at radius 1 is 1.14 bits per heavy atom. The lowest BCUT2D eigenvalue weighted by Gasteiger charge is -2.35. The first-order chi connectivity index (χ1) is 13.9. The summed E-state index contributed by atoms with van der Waals surface area (Å²) in [6, 6.07) is 10.5. The third kappa shape index (κ3) is 4.61. The van der Waals surface area contributed by atoms with Crippen molar-refractivity contribution in [3.8, 4) is 0 Å². The average molecular weight is 412 g/mol. The summed E-state index contributed by atoms with van der Waals surface area (Å²) in [5.74, 6) is 2.20. The van der Waals surface area contributed by atoms with Gasteiger partial charge in [-0.05, 0) is 50.2 Å². The maximum atomic E-state index is 12.9. The summed E-state index contributed by atoms with van der Waals surface area (Å²) in [4.78, 5) is 14.2. The van der Waals surface area contributed by atoms with E-state index in [1.165, 1.54) is 5.56 Å². The predicted octanol–water partition coefficient (Wildman–Crippen LogP) is 4.51. The van der Waals surface area contributed by atoms with E-state index in [2.05, 4.69) is 26.9 Å². The zero-order valence-electron chi connectivity index (χ0n) is 17.1. The second-order valence-corrected chi connectivity index (χ2v) is 10.6. The number of nitrogens with one attached hydrogen (secondary N) is 2. The lowest BCUT2D eigenvalue weighted by Crippen LogP contribution is -2.37. The van der Waals surface area contributed by atoms with E-state index in [0.717, 1.165) is 48.1 Å². The van der Waals surface area contributed by atoms with Crippen LogP contribution in [0.25, 0.3) is 11.0 Å². The van der Waals surface area contributed by atoms with Crippen molar-refractivity contribution in [2.24, 2.45) is 5.92 Å². The molecule has 4 rings (SSSR count). The number of H-pyrrole nitrogens is 1. The molecular weight excluding hydrogens is 382 g/mol. The van der Waals surface area contributed by atoms with Gasteiger partial charge in [0.05, 0.1) is 11.1 Å². The van der Waals surface area contributed by atoms with Gasteiger partial charge in [-0.3, -0.25) is 4.78 Å². The Morgan fingerprint density at radius 3 is 2.59 bits per heavy atom. The largest absolute Gasteiger partial charge is 0.356 e. The van der Waals surface area contributed by atoms with Crippen molar-refractivity contribution in [2.75, 3.05) is 17.7 Å². The average Bonchev–Trinajstić information content (AvgIpc) is 3.18. The molecule has 154 valence electrons. The van der Waals surface area contributed by atoms with Crippen molar-refractivity contribution < 1.29 is 4.21 Å². The van der Waals surface area contributed by atoms with E-state index < -0.39 is 9.73 Å². The molecule has 2 heterocycles. The highest BCUT2D eigenvalue weighted by Gasteiger charge is 2.27. The fourth-order valence-corrected chi connectivity index (χ4v) is 6.35. The van der Waals surface area contributed by atoms with Crippen LogP contribution in [-0.2, 0) is 15.5 Å². The third-order valence-electron chi connectivity index (χ3n) is 6.06. The third-order valence-corrected chi connectivity index (χ3v) is 7.87. The van der Waals surface area contributed by atoms with Gasteiger partial charge in [0.1, 0.15) is 17.8 Å². The molecule has 3 aromatic rings. The van der Waals surface area contributed by atoms with E-state index in [0.29, 0.717) is 23.5 Å². The van der Waals surface area contributed by atoms with Gasteiger partial charge in [-0.1, -0.05) is 29.8 Å². The van der Waals surface area contributed by atoms with Crippen LogP contribution in [0.4, 0.5) is 5.82 Å².